The number of fused-ring (bicyclic) bond motifs is 1. The van der Waals surface area contributed by atoms with Gasteiger partial charge in [0.05, 0.1) is 13.2 Å². The largest absolute Gasteiger partial charge is 0.573 e. The third-order valence-electron chi connectivity index (χ3n) is 6.39. The van der Waals surface area contributed by atoms with E-state index >= 15 is 0 Å². The topological polar surface area (TPSA) is 73.2 Å². The van der Waals surface area contributed by atoms with Crippen LogP contribution < -0.4 is 9.47 Å². The number of alkyl halides is 3. The maximum atomic E-state index is 12.4. The van der Waals surface area contributed by atoms with Crippen molar-refractivity contribution in [1.82, 2.24) is 9.47 Å². The molecule has 3 aromatic rings. The number of carbonyl (C=O) groups excluding carboxylic acids is 1. The average molecular weight is 535 g/mol. The molecule has 7 nitrogen and oxygen atoms in total. The average Bonchev–Trinajstić information content (AvgIpc) is 3.12. The van der Waals surface area contributed by atoms with E-state index in [4.69, 9.17) is 9.47 Å². The van der Waals surface area contributed by atoms with Gasteiger partial charge in [0.2, 0.25) is 0 Å². The van der Waals surface area contributed by atoms with Gasteiger partial charge < -0.3 is 28.8 Å². The zero-order valence-corrected chi connectivity index (χ0v) is 22.0. The molecule has 0 saturated carbocycles. The molecule has 2 aromatic carbocycles. The van der Waals surface area contributed by atoms with E-state index in [0.717, 1.165) is 23.8 Å². The third kappa shape index (κ3) is 7.05. The number of hydrogen-bond acceptors (Lipinski definition) is 5. The van der Waals surface area contributed by atoms with Gasteiger partial charge in [0.1, 0.15) is 17.1 Å². The number of piperidine rings is 1. The van der Waals surface area contributed by atoms with E-state index in [1.807, 2.05) is 39.8 Å². The van der Waals surface area contributed by atoms with E-state index in [0.29, 0.717) is 42.3 Å². The minimum absolute atomic E-state index is 0.0779. The first kappa shape index (κ1) is 27.5. The van der Waals surface area contributed by atoms with Crippen LogP contribution in [0, 0.1) is 12.8 Å². The van der Waals surface area contributed by atoms with Crippen molar-refractivity contribution in [2.45, 2.75) is 59.0 Å². The summed E-state index contributed by atoms with van der Waals surface area (Å²) in [7, 11) is 0. The molecule has 0 unspecified atom stereocenters. The van der Waals surface area contributed by atoms with Gasteiger partial charge in [-0.2, -0.15) is 0 Å². The summed E-state index contributed by atoms with van der Waals surface area (Å²) in [4.78, 5) is 14.0. The number of ether oxygens (including phenoxy) is 3. The summed E-state index contributed by atoms with van der Waals surface area (Å²) in [6.07, 6.45) is -1.58. The van der Waals surface area contributed by atoms with E-state index in [1.165, 1.54) is 24.3 Å². The number of aromatic hydroxyl groups is 1. The van der Waals surface area contributed by atoms with Crippen LogP contribution in [0.1, 0.15) is 44.7 Å². The Morgan fingerprint density at radius 1 is 1.05 bits per heavy atom. The lowest BCUT2D eigenvalue weighted by molar-refractivity contribution is -0.274. The van der Waals surface area contributed by atoms with Gasteiger partial charge in [0.15, 0.2) is 5.88 Å². The number of likely N-dealkylation sites (tertiary alicyclic amines) is 1. The maximum absolute atomic E-state index is 12.4. The van der Waals surface area contributed by atoms with Gasteiger partial charge in [0, 0.05) is 30.1 Å². The lowest BCUT2D eigenvalue weighted by Gasteiger charge is -2.33. The monoisotopic (exact) mass is 534 g/mol. The summed E-state index contributed by atoms with van der Waals surface area (Å²) in [6.45, 7) is 9.50. The quantitative estimate of drug-likeness (QED) is 0.384. The number of nitrogens with zero attached hydrogens (tertiary/aromatic N) is 2. The Labute approximate surface area is 219 Å². The molecule has 38 heavy (non-hydrogen) atoms. The fraction of sp³-hybridized carbons (Fsp3) is 0.464. The molecule has 0 radical (unpaired) electrons. The van der Waals surface area contributed by atoms with Gasteiger partial charge >= 0.3 is 12.5 Å². The lowest BCUT2D eigenvalue weighted by atomic mass is 9.98. The minimum Gasteiger partial charge on any atom is -0.494 e. The van der Waals surface area contributed by atoms with Crippen LogP contribution in [-0.4, -0.2) is 52.3 Å². The number of benzene rings is 2. The van der Waals surface area contributed by atoms with E-state index in [2.05, 4.69) is 4.74 Å². The van der Waals surface area contributed by atoms with Crippen molar-refractivity contribution in [3.8, 4) is 17.4 Å². The molecule has 1 amide bonds. The summed E-state index contributed by atoms with van der Waals surface area (Å²) < 4.78 is 54.3. The highest BCUT2D eigenvalue weighted by atomic mass is 19.4. The minimum atomic E-state index is -4.74. The Kier molecular flexibility index (Phi) is 7.71. The van der Waals surface area contributed by atoms with Gasteiger partial charge in [-0.25, -0.2) is 4.79 Å². The Morgan fingerprint density at radius 2 is 1.71 bits per heavy atom. The zero-order chi connectivity index (χ0) is 27.7. The molecular formula is C28H33F3N2O5. The molecule has 4 rings (SSSR count). The molecule has 206 valence electrons. The first-order valence-corrected chi connectivity index (χ1v) is 12.6. The number of aryl methyl sites for hydroxylation is 1. The standard InChI is InChI=1S/C28H33F3N2O5/c1-18-13-23(36-17-20-9-11-32(12-10-20)26(35)38-27(2,3)4)14-21-16-33(25(34)24(18)21)15-19-5-7-22(8-6-19)37-28(29,30)31/h5-8,13-14,16,20,34H,9-12,15,17H2,1-4H3. The second-order valence-corrected chi connectivity index (χ2v) is 10.7. The molecule has 1 aromatic heterocycles. The number of halogens is 3. The van der Waals surface area contributed by atoms with Crippen LogP contribution in [0.5, 0.6) is 17.4 Å². The van der Waals surface area contributed by atoms with Crippen LogP contribution in [0.4, 0.5) is 18.0 Å². The number of amides is 1. The van der Waals surface area contributed by atoms with Gasteiger partial charge in [-0.15, -0.1) is 13.2 Å². The summed E-state index contributed by atoms with van der Waals surface area (Å²) in [5, 5.41) is 12.3. The first-order chi connectivity index (χ1) is 17.8. The van der Waals surface area contributed by atoms with Crippen molar-refractivity contribution in [1.29, 1.82) is 0 Å². The maximum Gasteiger partial charge on any atom is 0.573 e. The fourth-order valence-electron chi connectivity index (χ4n) is 4.58. The normalized spacial score (nSPS) is 15.1. The van der Waals surface area contributed by atoms with E-state index in [9.17, 15) is 23.1 Å². The van der Waals surface area contributed by atoms with E-state index in [-0.39, 0.29) is 24.3 Å². The molecular weight excluding hydrogens is 501 g/mol. The number of carbonyl (C=O) groups is 1. The smallest absolute Gasteiger partial charge is 0.494 e. The van der Waals surface area contributed by atoms with Gasteiger partial charge in [-0.1, -0.05) is 12.1 Å². The highest BCUT2D eigenvalue weighted by molar-refractivity contribution is 5.92. The molecule has 10 heteroatoms. The van der Waals surface area contributed by atoms with Gasteiger partial charge in [-0.05, 0) is 81.8 Å². The summed E-state index contributed by atoms with van der Waals surface area (Å²) in [5.74, 6) is 0.785. The first-order valence-electron chi connectivity index (χ1n) is 12.6. The summed E-state index contributed by atoms with van der Waals surface area (Å²) >= 11 is 0. The SMILES string of the molecule is Cc1cc(OCC2CCN(C(=O)OC(C)(C)C)CC2)cc2cn(Cc3ccc(OC(F)(F)F)cc3)c(O)c12. The zero-order valence-electron chi connectivity index (χ0n) is 22.0. The molecule has 0 aliphatic carbocycles. The molecule has 1 fully saturated rings. The predicted octanol–water partition coefficient (Wildman–Crippen LogP) is 6.63. The Balaban J connectivity index is 1.37. The third-order valence-corrected chi connectivity index (χ3v) is 6.39. The number of aromatic nitrogens is 1. The van der Waals surface area contributed by atoms with Gasteiger partial charge in [0.25, 0.3) is 0 Å². The second kappa shape index (κ2) is 10.7. The molecule has 1 saturated heterocycles. The highest BCUT2D eigenvalue weighted by Gasteiger charge is 2.31. The van der Waals surface area contributed by atoms with E-state index in [1.54, 1.807) is 15.7 Å². The van der Waals surface area contributed by atoms with Crippen LogP contribution in [0.15, 0.2) is 42.6 Å². The molecule has 1 aliphatic rings. The predicted molar refractivity (Wildman–Crippen MR) is 137 cm³/mol. The number of hydrogen-bond donors (Lipinski definition) is 1. The van der Waals surface area contributed by atoms with Crippen LogP contribution >= 0.6 is 0 Å². The van der Waals surface area contributed by atoms with E-state index < -0.39 is 12.0 Å². The summed E-state index contributed by atoms with van der Waals surface area (Å²) in [6, 6.07) is 9.30. The van der Waals surface area contributed by atoms with Crippen molar-refractivity contribution in [3.05, 3.63) is 53.7 Å². The van der Waals surface area contributed by atoms with Gasteiger partial charge in [-0.3, -0.25) is 0 Å². The second-order valence-electron chi connectivity index (χ2n) is 10.7. The molecule has 1 N–H and O–H groups in total. The molecule has 0 bridgehead atoms. The Hall–Kier alpha value is -3.56. The van der Waals surface area contributed by atoms with Crippen LogP contribution in [0.3, 0.4) is 0 Å². The highest BCUT2D eigenvalue weighted by Crippen LogP contribution is 2.35. The Morgan fingerprint density at radius 3 is 2.32 bits per heavy atom. The Bertz CT molecular complexity index is 1270. The molecule has 1 aliphatic heterocycles. The fourth-order valence-corrected chi connectivity index (χ4v) is 4.58. The van der Waals surface area contributed by atoms with Crippen LogP contribution in [-0.2, 0) is 11.3 Å². The van der Waals surface area contributed by atoms with Crippen molar-refractivity contribution in [3.63, 3.8) is 0 Å². The van der Waals surface area contributed by atoms with Crippen LogP contribution in [0.2, 0.25) is 0 Å². The van der Waals surface area contributed by atoms with Crippen molar-refractivity contribution in [2.75, 3.05) is 19.7 Å². The van der Waals surface area contributed by atoms with Crippen molar-refractivity contribution < 1.29 is 37.3 Å². The van der Waals surface area contributed by atoms with Crippen molar-refractivity contribution in [2.24, 2.45) is 5.92 Å². The van der Waals surface area contributed by atoms with Crippen molar-refractivity contribution >= 4 is 16.9 Å². The molecule has 0 spiro atoms. The molecule has 2 heterocycles. The lowest BCUT2D eigenvalue weighted by Crippen LogP contribution is -2.42. The number of rotatable bonds is 6. The van der Waals surface area contributed by atoms with Crippen LogP contribution in [0.25, 0.3) is 10.8 Å². The molecule has 0 atom stereocenters. The summed E-state index contributed by atoms with van der Waals surface area (Å²) in [5.41, 5.74) is 1.04.